The summed E-state index contributed by atoms with van der Waals surface area (Å²) in [7, 11) is 2.06. The first-order chi connectivity index (χ1) is 11.7. The molecule has 1 saturated heterocycles. The molecule has 0 saturated carbocycles. The number of imidazole rings is 1. The SMILES string of the molecule is Cn1c(C2CCCN(C(=O)c3ccncc3)C2)nc2ccccc21. The molecule has 0 bridgehead atoms. The van der Waals surface area contributed by atoms with Crippen molar-refractivity contribution in [3.8, 4) is 0 Å². The molecule has 3 aromatic rings. The second-order valence-corrected chi connectivity index (χ2v) is 6.34. The smallest absolute Gasteiger partial charge is 0.253 e. The molecule has 0 N–H and O–H groups in total. The first-order valence-corrected chi connectivity index (χ1v) is 8.34. The van der Waals surface area contributed by atoms with E-state index in [4.69, 9.17) is 4.98 Å². The number of hydrogen-bond acceptors (Lipinski definition) is 3. The third-order valence-electron chi connectivity index (χ3n) is 4.82. The Morgan fingerprint density at radius 1 is 1.17 bits per heavy atom. The minimum absolute atomic E-state index is 0.0841. The zero-order valence-electron chi connectivity index (χ0n) is 13.7. The van der Waals surface area contributed by atoms with Crippen molar-refractivity contribution in [3.63, 3.8) is 0 Å². The maximum atomic E-state index is 12.7. The number of carbonyl (C=O) groups excluding carboxylic acids is 1. The molecule has 1 aromatic carbocycles. The topological polar surface area (TPSA) is 51.0 Å². The van der Waals surface area contributed by atoms with Crippen molar-refractivity contribution in [2.75, 3.05) is 13.1 Å². The van der Waals surface area contributed by atoms with Crippen LogP contribution >= 0.6 is 0 Å². The van der Waals surface area contributed by atoms with Gasteiger partial charge in [0, 0.05) is 44.0 Å². The number of fused-ring (bicyclic) bond motifs is 1. The fourth-order valence-electron chi connectivity index (χ4n) is 3.58. The number of nitrogens with zero attached hydrogens (tertiary/aromatic N) is 4. The largest absolute Gasteiger partial charge is 0.338 e. The van der Waals surface area contributed by atoms with Gasteiger partial charge < -0.3 is 9.47 Å². The molecule has 1 atom stereocenters. The second kappa shape index (κ2) is 6.07. The number of likely N-dealkylation sites (tertiary alicyclic amines) is 1. The average molecular weight is 320 g/mol. The highest BCUT2D eigenvalue weighted by atomic mass is 16.2. The maximum Gasteiger partial charge on any atom is 0.253 e. The summed E-state index contributed by atoms with van der Waals surface area (Å²) in [6.45, 7) is 1.53. The molecule has 0 aliphatic carbocycles. The Morgan fingerprint density at radius 2 is 1.96 bits per heavy atom. The van der Waals surface area contributed by atoms with Gasteiger partial charge >= 0.3 is 0 Å². The highest BCUT2D eigenvalue weighted by molar-refractivity contribution is 5.94. The normalized spacial score (nSPS) is 18.0. The number of hydrogen-bond donors (Lipinski definition) is 0. The Bertz CT molecular complexity index is 871. The molecule has 1 unspecified atom stereocenters. The molecule has 1 aliphatic rings. The van der Waals surface area contributed by atoms with E-state index in [2.05, 4.69) is 22.7 Å². The third kappa shape index (κ3) is 2.56. The summed E-state index contributed by atoms with van der Waals surface area (Å²) in [5, 5.41) is 0. The van der Waals surface area contributed by atoms with Crippen molar-refractivity contribution in [1.29, 1.82) is 0 Å². The molecule has 2 aromatic heterocycles. The van der Waals surface area contributed by atoms with Gasteiger partial charge in [0.15, 0.2) is 0 Å². The number of benzene rings is 1. The summed E-state index contributed by atoms with van der Waals surface area (Å²) in [5.41, 5.74) is 2.87. The number of amides is 1. The van der Waals surface area contributed by atoms with E-state index < -0.39 is 0 Å². The van der Waals surface area contributed by atoms with E-state index >= 15 is 0 Å². The average Bonchev–Trinajstić information content (AvgIpc) is 2.99. The molecule has 0 radical (unpaired) electrons. The maximum absolute atomic E-state index is 12.7. The van der Waals surface area contributed by atoms with Gasteiger partial charge in [-0.05, 0) is 37.1 Å². The molecule has 0 spiro atoms. The molecular formula is C19H20N4O. The Morgan fingerprint density at radius 3 is 2.75 bits per heavy atom. The van der Waals surface area contributed by atoms with Gasteiger partial charge in [-0.2, -0.15) is 0 Å². The van der Waals surface area contributed by atoms with Gasteiger partial charge in [-0.1, -0.05) is 12.1 Å². The third-order valence-corrected chi connectivity index (χ3v) is 4.82. The lowest BCUT2D eigenvalue weighted by molar-refractivity contribution is 0.0703. The molecule has 4 rings (SSSR count). The predicted octanol–water partition coefficient (Wildman–Crippen LogP) is 2.99. The van der Waals surface area contributed by atoms with Gasteiger partial charge in [-0.15, -0.1) is 0 Å². The quantitative estimate of drug-likeness (QED) is 0.729. The summed E-state index contributed by atoms with van der Waals surface area (Å²) >= 11 is 0. The molecule has 24 heavy (non-hydrogen) atoms. The van der Waals surface area contributed by atoms with Crippen molar-refractivity contribution >= 4 is 16.9 Å². The van der Waals surface area contributed by atoms with Crippen molar-refractivity contribution in [2.24, 2.45) is 7.05 Å². The van der Waals surface area contributed by atoms with E-state index in [1.54, 1.807) is 24.5 Å². The lowest BCUT2D eigenvalue weighted by Crippen LogP contribution is -2.39. The van der Waals surface area contributed by atoms with E-state index in [1.807, 2.05) is 23.1 Å². The van der Waals surface area contributed by atoms with Crippen molar-refractivity contribution in [1.82, 2.24) is 19.4 Å². The van der Waals surface area contributed by atoms with Crippen LogP contribution < -0.4 is 0 Å². The van der Waals surface area contributed by atoms with Crippen molar-refractivity contribution in [2.45, 2.75) is 18.8 Å². The van der Waals surface area contributed by atoms with Crippen LogP contribution in [0.1, 0.15) is 34.9 Å². The summed E-state index contributed by atoms with van der Waals surface area (Å²) in [6, 6.07) is 11.7. The van der Waals surface area contributed by atoms with Crippen LogP contribution in [-0.2, 0) is 7.05 Å². The predicted molar refractivity (Wildman–Crippen MR) is 92.8 cm³/mol. The molecule has 5 nitrogen and oxygen atoms in total. The number of aromatic nitrogens is 3. The van der Waals surface area contributed by atoms with E-state index in [1.165, 1.54) is 0 Å². The Kier molecular flexibility index (Phi) is 3.76. The summed E-state index contributed by atoms with van der Waals surface area (Å²) in [5.74, 6) is 1.44. The van der Waals surface area contributed by atoms with Crippen LogP contribution in [0.2, 0.25) is 0 Å². The molecule has 122 valence electrons. The number of piperidine rings is 1. The Balaban J connectivity index is 1.60. The minimum Gasteiger partial charge on any atom is -0.338 e. The molecule has 1 fully saturated rings. The first kappa shape index (κ1) is 14.9. The minimum atomic E-state index is 0.0841. The van der Waals surface area contributed by atoms with Crippen molar-refractivity contribution in [3.05, 3.63) is 60.2 Å². The molecule has 1 aliphatic heterocycles. The van der Waals surface area contributed by atoms with E-state index in [9.17, 15) is 4.79 Å². The van der Waals surface area contributed by atoms with Crippen molar-refractivity contribution < 1.29 is 4.79 Å². The molecule has 3 heterocycles. The van der Waals surface area contributed by atoms with Crippen LogP contribution in [0.25, 0.3) is 11.0 Å². The van der Waals surface area contributed by atoms with Gasteiger partial charge in [-0.25, -0.2) is 4.98 Å². The van der Waals surface area contributed by atoms with Crippen LogP contribution in [0.5, 0.6) is 0 Å². The Hall–Kier alpha value is -2.69. The number of carbonyl (C=O) groups is 1. The number of para-hydroxylation sites is 2. The van der Waals surface area contributed by atoms with Gasteiger partial charge in [0.2, 0.25) is 0 Å². The standard InChI is InChI=1S/C19H20N4O/c1-22-17-7-3-2-6-16(17)21-18(22)15-5-4-12-23(13-15)19(24)14-8-10-20-11-9-14/h2-3,6-11,15H,4-5,12-13H2,1H3. The summed E-state index contributed by atoms with van der Waals surface area (Å²) < 4.78 is 2.17. The number of pyridine rings is 1. The van der Waals surface area contributed by atoms with Gasteiger partial charge in [0.25, 0.3) is 5.91 Å². The first-order valence-electron chi connectivity index (χ1n) is 8.34. The second-order valence-electron chi connectivity index (χ2n) is 6.34. The fraction of sp³-hybridized carbons (Fsp3) is 0.316. The van der Waals surface area contributed by atoms with Crippen LogP contribution in [-0.4, -0.2) is 38.4 Å². The molecular weight excluding hydrogens is 300 g/mol. The molecule has 1 amide bonds. The zero-order valence-corrected chi connectivity index (χ0v) is 13.7. The van der Waals surface area contributed by atoms with Gasteiger partial charge in [0.1, 0.15) is 5.82 Å². The van der Waals surface area contributed by atoms with E-state index in [0.717, 1.165) is 42.8 Å². The zero-order chi connectivity index (χ0) is 16.5. The van der Waals surface area contributed by atoms with Gasteiger partial charge in [-0.3, -0.25) is 9.78 Å². The van der Waals surface area contributed by atoms with E-state index in [-0.39, 0.29) is 11.8 Å². The monoisotopic (exact) mass is 320 g/mol. The van der Waals surface area contributed by atoms with Crippen LogP contribution in [0.15, 0.2) is 48.8 Å². The highest BCUT2D eigenvalue weighted by Gasteiger charge is 2.28. The Labute approximate surface area is 140 Å². The van der Waals surface area contributed by atoms with Crippen LogP contribution in [0, 0.1) is 0 Å². The summed E-state index contributed by atoms with van der Waals surface area (Å²) in [4.78, 5) is 23.5. The molecule has 5 heteroatoms. The lowest BCUT2D eigenvalue weighted by atomic mass is 9.96. The summed E-state index contributed by atoms with van der Waals surface area (Å²) in [6.07, 6.45) is 5.41. The lowest BCUT2D eigenvalue weighted by Gasteiger charge is -2.32. The fourth-order valence-corrected chi connectivity index (χ4v) is 3.58. The number of rotatable bonds is 2. The van der Waals surface area contributed by atoms with Crippen LogP contribution in [0.4, 0.5) is 0 Å². The number of aryl methyl sites for hydroxylation is 1. The van der Waals surface area contributed by atoms with Crippen LogP contribution in [0.3, 0.4) is 0 Å². The highest BCUT2D eigenvalue weighted by Crippen LogP contribution is 2.29. The van der Waals surface area contributed by atoms with E-state index in [0.29, 0.717) is 5.56 Å². The van der Waals surface area contributed by atoms with Gasteiger partial charge in [0.05, 0.1) is 11.0 Å².